The SMILES string of the molecule is CC(CCCl)CNCl. The topological polar surface area (TPSA) is 12.0 Å². The number of hydrogen-bond acceptors (Lipinski definition) is 1. The van der Waals surface area contributed by atoms with Gasteiger partial charge in [0.1, 0.15) is 0 Å². The first-order valence-electron chi connectivity index (χ1n) is 2.70. The lowest BCUT2D eigenvalue weighted by atomic mass is 10.1. The largest absolute Gasteiger partial charge is 0.233 e. The van der Waals surface area contributed by atoms with Crippen molar-refractivity contribution in [2.24, 2.45) is 5.92 Å². The molecule has 3 heteroatoms. The van der Waals surface area contributed by atoms with Crippen molar-refractivity contribution in [3.05, 3.63) is 0 Å². The lowest BCUT2D eigenvalue weighted by Gasteiger charge is -2.04. The Balaban J connectivity index is 2.92. The minimum absolute atomic E-state index is 0.588. The standard InChI is InChI=1S/C5H11Cl2N/c1-5(2-3-6)4-8-7/h5,8H,2-4H2,1H3. The lowest BCUT2D eigenvalue weighted by Crippen LogP contribution is -2.11. The highest BCUT2D eigenvalue weighted by Crippen LogP contribution is 2.00. The summed E-state index contributed by atoms with van der Waals surface area (Å²) >= 11 is 10.7. The van der Waals surface area contributed by atoms with E-state index in [1.54, 1.807) is 0 Å². The molecule has 0 saturated carbocycles. The van der Waals surface area contributed by atoms with Crippen LogP contribution in [0.3, 0.4) is 0 Å². The fourth-order valence-corrected chi connectivity index (χ4v) is 1.06. The highest BCUT2D eigenvalue weighted by atomic mass is 35.5. The second-order valence-corrected chi connectivity index (χ2v) is 2.57. The molecule has 1 unspecified atom stereocenters. The van der Waals surface area contributed by atoms with Gasteiger partial charge in [0.2, 0.25) is 0 Å². The smallest absolute Gasteiger partial charge is 0.0226 e. The Morgan fingerprint density at radius 1 is 1.62 bits per heavy atom. The van der Waals surface area contributed by atoms with Crippen LogP contribution in [0.1, 0.15) is 13.3 Å². The van der Waals surface area contributed by atoms with Crippen LogP contribution in [0.4, 0.5) is 0 Å². The van der Waals surface area contributed by atoms with Crippen molar-refractivity contribution in [3.63, 3.8) is 0 Å². The third-order valence-electron chi connectivity index (χ3n) is 1.03. The van der Waals surface area contributed by atoms with Crippen molar-refractivity contribution in [1.29, 1.82) is 0 Å². The van der Waals surface area contributed by atoms with E-state index in [1.807, 2.05) is 0 Å². The number of hydrogen-bond donors (Lipinski definition) is 1. The van der Waals surface area contributed by atoms with Gasteiger partial charge in [-0.05, 0) is 24.1 Å². The molecule has 0 aromatic heterocycles. The van der Waals surface area contributed by atoms with Crippen molar-refractivity contribution < 1.29 is 0 Å². The summed E-state index contributed by atoms with van der Waals surface area (Å²) in [7, 11) is 0. The molecule has 0 aromatic rings. The van der Waals surface area contributed by atoms with Gasteiger partial charge < -0.3 is 0 Å². The van der Waals surface area contributed by atoms with Crippen molar-refractivity contribution in [1.82, 2.24) is 4.84 Å². The number of rotatable bonds is 4. The van der Waals surface area contributed by atoms with Crippen LogP contribution in [0.2, 0.25) is 0 Å². The zero-order valence-corrected chi connectivity index (χ0v) is 6.47. The molecular weight excluding hydrogens is 145 g/mol. The summed E-state index contributed by atoms with van der Waals surface area (Å²) in [4.78, 5) is 2.57. The summed E-state index contributed by atoms with van der Waals surface area (Å²) < 4.78 is 0. The van der Waals surface area contributed by atoms with E-state index in [2.05, 4.69) is 11.8 Å². The monoisotopic (exact) mass is 155 g/mol. The molecule has 0 bridgehead atoms. The van der Waals surface area contributed by atoms with Crippen molar-refractivity contribution in [3.8, 4) is 0 Å². The Morgan fingerprint density at radius 2 is 2.25 bits per heavy atom. The summed E-state index contributed by atoms with van der Waals surface area (Å²) in [6, 6.07) is 0. The molecule has 1 atom stereocenters. The van der Waals surface area contributed by atoms with Crippen LogP contribution in [0.25, 0.3) is 0 Å². The Morgan fingerprint density at radius 3 is 2.62 bits per heavy atom. The maximum absolute atomic E-state index is 5.46. The number of halogens is 2. The summed E-state index contributed by atoms with van der Waals surface area (Å²) in [5, 5.41) is 0. The van der Waals surface area contributed by atoms with Crippen LogP contribution >= 0.6 is 23.4 Å². The van der Waals surface area contributed by atoms with E-state index >= 15 is 0 Å². The van der Waals surface area contributed by atoms with E-state index in [1.165, 1.54) is 0 Å². The van der Waals surface area contributed by atoms with Crippen LogP contribution in [-0.2, 0) is 0 Å². The number of nitrogens with one attached hydrogen (secondary N) is 1. The molecule has 0 aromatic carbocycles. The molecule has 0 fully saturated rings. The molecule has 0 aliphatic rings. The molecule has 0 aliphatic heterocycles. The van der Waals surface area contributed by atoms with Gasteiger partial charge in [0.25, 0.3) is 0 Å². The van der Waals surface area contributed by atoms with Crippen LogP contribution in [0.5, 0.6) is 0 Å². The molecule has 50 valence electrons. The van der Waals surface area contributed by atoms with Gasteiger partial charge in [-0.2, -0.15) is 0 Å². The van der Waals surface area contributed by atoms with Crippen LogP contribution < -0.4 is 4.84 Å². The van der Waals surface area contributed by atoms with Gasteiger partial charge in [0.15, 0.2) is 0 Å². The summed E-state index contributed by atoms with van der Waals surface area (Å²) in [6.07, 6.45) is 1.03. The van der Waals surface area contributed by atoms with Crippen molar-refractivity contribution in [2.45, 2.75) is 13.3 Å². The van der Waals surface area contributed by atoms with Crippen LogP contribution in [0, 0.1) is 5.92 Å². The summed E-state index contributed by atoms with van der Waals surface area (Å²) in [5.41, 5.74) is 0. The van der Waals surface area contributed by atoms with E-state index in [-0.39, 0.29) is 0 Å². The molecule has 0 radical (unpaired) electrons. The summed E-state index contributed by atoms with van der Waals surface area (Å²) in [6.45, 7) is 2.95. The molecule has 0 aliphatic carbocycles. The van der Waals surface area contributed by atoms with Gasteiger partial charge in [-0.1, -0.05) is 6.92 Å². The fraction of sp³-hybridized carbons (Fsp3) is 1.00. The second-order valence-electron chi connectivity index (χ2n) is 1.92. The second kappa shape index (κ2) is 5.67. The predicted octanol–water partition coefficient (Wildman–Crippen LogP) is 1.99. The molecular formula is C5H11Cl2N. The average Bonchev–Trinajstić information content (AvgIpc) is 1.68. The lowest BCUT2D eigenvalue weighted by molar-refractivity contribution is 0.559. The average molecular weight is 156 g/mol. The zero-order valence-electron chi connectivity index (χ0n) is 4.95. The highest BCUT2D eigenvalue weighted by Gasteiger charge is 1.97. The van der Waals surface area contributed by atoms with E-state index in [0.717, 1.165) is 18.8 Å². The molecule has 1 nitrogen and oxygen atoms in total. The van der Waals surface area contributed by atoms with Gasteiger partial charge in [-0.15, -0.1) is 11.6 Å². The third kappa shape index (κ3) is 4.69. The molecule has 0 rings (SSSR count). The fourth-order valence-electron chi connectivity index (χ4n) is 0.420. The maximum atomic E-state index is 5.46. The Labute approximate surface area is 60.5 Å². The van der Waals surface area contributed by atoms with Gasteiger partial charge in [-0.25, -0.2) is 4.84 Å². The first-order valence-corrected chi connectivity index (χ1v) is 3.62. The first-order chi connectivity index (χ1) is 3.81. The Bertz CT molecular complexity index is 43.7. The maximum Gasteiger partial charge on any atom is 0.0226 e. The third-order valence-corrected chi connectivity index (χ3v) is 1.40. The van der Waals surface area contributed by atoms with Gasteiger partial charge >= 0.3 is 0 Å². The molecule has 0 saturated heterocycles. The zero-order chi connectivity index (χ0) is 6.41. The van der Waals surface area contributed by atoms with E-state index in [0.29, 0.717) is 5.92 Å². The summed E-state index contributed by atoms with van der Waals surface area (Å²) in [5.74, 6) is 1.31. The van der Waals surface area contributed by atoms with Crippen molar-refractivity contribution >= 4 is 23.4 Å². The predicted molar refractivity (Wildman–Crippen MR) is 38.4 cm³/mol. The van der Waals surface area contributed by atoms with E-state index < -0.39 is 0 Å². The Kier molecular flexibility index (Phi) is 6.06. The van der Waals surface area contributed by atoms with Gasteiger partial charge in [0.05, 0.1) is 0 Å². The quantitative estimate of drug-likeness (QED) is 0.484. The minimum atomic E-state index is 0.588. The molecule has 0 spiro atoms. The number of alkyl halides is 1. The highest BCUT2D eigenvalue weighted by molar-refractivity contribution is 6.17. The first kappa shape index (κ1) is 8.54. The molecule has 0 heterocycles. The van der Waals surface area contributed by atoms with Crippen LogP contribution in [0.15, 0.2) is 0 Å². The van der Waals surface area contributed by atoms with Crippen LogP contribution in [-0.4, -0.2) is 12.4 Å². The minimum Gasteiger partial charge on any atom is -0.233 e. The Hall–Kier alpha value is 0.540. The van der Waals surface area contributed by atoms with E-state index in [4.69, 9.17) is 23.4 Å². The van der Waals surface area contributed by atoms with Crippen molar-refractivity contribution in [2.75, 3.05) is 12.4 Å². The van der Waals surface area contributed by atoms with E-state index in [9.17, 15) is 0 Å². The molecule has 1 N–H and O–H groups in total. The molecule has 0 amide bonds. The normalized spacial score (nSPS) is 13.9. The van der Waals surface area contributed by atoms with Gasteiger partial charge in [0, 0.05) is 12.4 Å². The molecule has 8 heavy (non-hydrogen) atoms. The van der Waals surface area contributed by atoms with Gasteiger partial charge in [-0.3, -0.25) is 0 Å².